The van der Waals surface area contributed by atoms with E-state index in [4.69, 9.17) is 28.9 Å². The Morgan fingerprint density at radius 1 is 1.46 bits per heavy atom. The molecule has 0 aliphatic rings. The van der Waals surface area contributed by atoms with E-state index in [1.54, 1.807) is 12.2 Å². The van der Waals surface area contributed by atoms with Crippen LogP contribution in [0.15, 0.2) is 37.5 Å². The maximum absolute atomic E-state index is 6.01. The lowest BCUT2D eigenvalue weighted by atomic mass is 10.0. The minimum absolute atomic E-state index is 0.264. The molecule has 2 N–H and O–H groups in total. The van der Waals surface area contributed by atoms with Crippen molar-refractivity contribution in [2.24, 2.45) is 5.73 Å². The van der Waals surface area contributed by atoms with Gasteiger partial charge in [0, 0.05) is 6.42 Å². The predicted molar refractivity (Wildman–Crippen MR) is 61.2 cm³/mol. The zero-order valence-electron chi connectivity index (χ0n) is 7.60. The van der Waals surface area contributed by atoms with Gasteiger partial charge in [-0.15, -0.1) is 24.8 Å². The molecule has 0 aliphatic carbocycles. The molecule has 0 radical (unpaired) electrons. The van der Waals surface area contributed by atoms with E-state index < -0.39 is 5.00 Å². The van der Waals surface area contributed by atoms with Gasteiger partial charge < -0.3 is 5.73 Å². The van der Waals surface area contributed by atoms with Crippen LogP contribution in [0, 0.1) is 0 Å². The number of hydrogen-bond donors (Lipinski definition) is 1. The summed E-state index contributed by atoms with van der Waals surface area (Å²) in [6.07, 6.45) is 4.43. The Morgan fingerprint density at radius 3 is 2.38 bits per heavy atom. The lowest BCUT2D eigenvalue weighted by Gasteiger charge is -2.26. The van der Waals surface area contributed by atoms with Crippen molar-refractivity contribution >= 4 is 23.2 Å². The van der Waals surface area contributed by atoms with Gasteiger partial charge in [0.2, 0.25) is 0 Å². The summed E-state index contributed by atoms with van der Waals surface area (Å²) in [6, 6.07) is 0. The Morgan fingerprint density at radius 2 is 2.00 bits per heavy atom. The standard InChI is InChI=1S/C10H15Cl2N/c1-4-6-9(11)8(3)10(12,13)7-5-2/h4-5,9H,1-3,6-7,13H2. The number of allylic oxidation sites excluding steroid dienone is 1. The smallest absolute Gasteiger partial charge is 0.117 e. The van der Waals surface area contributed by atoms with Gasteiger partial charge in [-0.05, 0) is 12.0 Å². The summed E-state index contributed by atoms with van der Waals surface area (Å²) in [5.41, 5.74) is 6.38. The molecular formula is C10H15Cl2N. The highest BCUT2D eigenvalue weighted by Gasteiger charge is 2.27. The maximum atomic E-state index is 6.01. The normalized spacial score (nSPS) is 17.2. The first-order chi connectivity index (χ1) is 5.95. The zero-order chi connectivity index (χ0) is 10.5. The largest absolute Gasteiger partial charge is 0.309 e. The van der Waals surface area contributed by atoms with Gasteiger partial charge in [0.15, 0.2) is 0 Å². The van der Waals surface area contributed by atoms with E-state index in [0.717, 1.165) is 0 Å². The Labute approximate surface area is 89.9 Å². The third-order valence-corrected chi connectivity index (χ3v) is 2.57. The van der Waals surface area contributed by atoms with E-state index in [1.165, 1.54) is 0 Å². The summed E-state index contributed by atoms with van der Waals surface area (Å²) in [6.45, 7) is 10.9. The summed E-state index contributed by atoms with van der Waals surface area (Å²) >= 11 is 12.0. The molecule has 0 rings (SSSR count). The van der Waals surface area contributed by atoms with Crippen molar-refractivity contribution < 1.29 is 0 Å². The van der Waals surface area contributed by atoms with Crippen LogP contribution in [0.5, 0.6) is 0 Å². The molecule has 0 aromatic heterocycles. The average Bonchev–Trinajstić information content (AvgIpc) is 2.03. The van der Waals surface area contributed by atoms with Crippen LogP contribution in [-0.2, 0) is 0 Å². The van der Waals surface area contributed by atoms with Crippen LogP contribution in [0.25, 0.3) is 0 Å². The van der Waals surface area contributed by atoms with Crippen molar-refractivity contribution in [1.29, 1.82) is 0 Å². The molecule has 0 spiro atoms. The van der Waals surface area contributed by atoms with Crippen LogP contribution in [0.2, 0.25) is 0 Å². The van der Waals surface area contributed by atoms with Gasteiger partial charge in [0.1, 0.15) is 5.00 Å². The third-order valence-electron chi connectivity index (χ3n) is 1.73. The van der Waals surface area contributed by atoms with Gasteiger partial charge in [-0.3, -0.25) is 0 Å². The van der Waals surface area contributed by atoms with Crippen molar-refractivity contribution in [2.75, 3.05) is 0 Å². The highest BCUT2D eigenvalue weighted by Crippen LogP contribution is 2.29. The van der Waals surface area contributed by atoms with E-state index in [9.17, 15) is 0 Å². The summed E-state index contributed by atoms with van der Waals surface area (Å²) in [4.78, 5) is -0.989. The molecule has 2 atom stereocenters. The van der Waals surface area contributed by atoms with Crippen molar-refractivity contribution in [3.63, 3.8) is 0 Å². The van der Waals surface area contributed by atoms with Gasteiger partial charge in [0.05, 0.1) is 5.38 Å². The molecule has 0 amide bonds. The van der Waals surface area contributed by atoms with Crippen LogP contribution in [-0.4, -0.2) is 10.4 Å². The molecule has 74 valence electrons. The van der Waals surface area contributed by atoms with Crippen molar-refractivity contribution in [3.05, 3.63) is 37.5 Å². The first-order valence-electron chi connectivity index (χ1n) is 3.98. The fourth-order valence-corrected chi connectivity index (χ4v) is 1.51. The number of halogens is 2. The SMILES string of the molecule is C=CCC(Cl)C(=C)C(N)(Cl)CC=C. The molecule has 3 heteroatoms. The number of rotatable bonds is 6. The number of nitrogens with two attached hydrogens (primary N) is 1. The summed E-state index contributed by atoms with van der Waals surface area (Å²) in [5.74, 6) is 0. The lowest BCUT2D eigenvalue weighted by Crippen LogP contribution is -2.37. The predicted octanol–water partition coefficient (Wildman–Crippen LogP) is 3.20. The van der Waals surface area contributed by atoms with Crippen LogP contribution in [0.1, 0.15) is 12.8 Å². The van der Waals surface area contributed by atoms with Gasteiger partial charge in [-0.2, -0.15) is 0 Å². The Balaban J connectivity index is 4.37. The molecule has 0 bridgehead atoms. The molecule has 0 fully saturated rings. The second kappa shape index (κ2) is 5.48. The quantitative estimate of drug-likeness (QED) is 0.415. The molecule has 0 aliphatic heterocycles. The first-order valence-corrected chi connectivity index (χ1v) is 4.80. The number of alkyl halides is 2. The minimum atomic E-state index is -0.989. The van der Waals surface area contributed by atoms with Gasteiger partial charge >= 0.3 is 0 Å². The third kappa shape index (κ3) is 3.99. The second-order valence-corrected chi connectivity index (χ2v) is 4.07. The van der Waals surface area contributed by atoms with E-state index in [1.807, 2.05) is 0 Å². The first kappa shape index (κ1) is 12.8. The van der Waals surface area contributed by atoms with E-state index in [2.05, 4.69) is 19.7 Å². The molecule has 1 nitrogen and oxygen atoms in total. The monoisotopic (exact) mass is 219 g/mol. The average molecular weight is 220 g/mol. The summed E-state index contributed by atoms with van der Waals surface area (Å²) < 4.78 is 0. The van der Waals surface area contributed by atoms with Gasteiger partial charge in [-0.25, -0.2) is 0 Å². The lowest BCUT2D eigenvalue weighted by molar-refractivity contribution is 0.673. The fraction of sp³-hybridized carbons (Fsp3) is 0.400. The number of hydrogen-bond acceptors (Lipinski definition) is 1. The molecule has 0 aromatic rings. The molecule has 13 heavy (non-hydrogen) atoms. The highest BCUT2D eigenvalue weighted by molar-refractivity contribution is 6.28. The van der Waals surface area contributed by atoms with Crippen LogP contribution < -0.4 is 5.73 Å². The van der Waals surface area contributed by atoms with Gasteiger partial charge in [0.25, 0.3) is 0 Å². The topological polar surface area (TPSA) is 26.0 Å². The van der Waals surface area contributed by atoms with Crippen LogP contribution in [0.3, 0.4) is 0 Å². The molecule has 0 saturated heterocycles. The Hall–Kier alpha value is -0.240. The summed E-state index contributed by atoms with van der Waals surface area (Å²) in [7, 11) is 0. The van der Waals surface area contributed by atoms with Crippen LogP contribution >= 0.6 is 23.2 Å². The van der Waals surface area contributed by atoms with E-state index in [-0.39, 0.29) is 5.38 Å². The maximum Gasteiger partial charge on any atom is 0.117 e. The van der Waals surface area contributed by atoms with E-state index >= 15 is 0 Å². The van der Waals surface area contributed by atoms with Crippen molar-refractivity contribution in [1.82, 2.24) is 0 Å². The molecule has 0 aromatic carbocycles. The molecule has 0 saturated carbocycles. The second-order valence-electron chi connectivity index (χ2n) is 2.87. The van der Waals surface area contributed by atoms with E-state index in [0.29, 0.717) is 18.4 Å². The molecular weight excluding hydrogens is 205 g/mol. The van der Waals surface area contributed by atoms with Crippen molar-refractivity contribution in [3.8, 4) is 0 Å². The van der Waals surface area contributed by atoms with Crippen LogP contribution in [0.4, 0.5) is 0 Å². The highest BCUT2D eigenvalue weighted by atomic mass is 35.5. The Kier molecular flexibility index (Phi) is 5.38. The molecule has 2 unspecified atom stereocenters. The zero-order valence-corrected chi connectivity index (χ0v) is 9.11. The summed E-state index contributed by atoms with van der Waals surface area (Å²) in [5, 5.41) is -0.264. The van der Waals surface area contributed by atoms with Crippen molar-refractivity contribution in [2.45, 2.75) is 23.2 Å². The Bertz CT molecular complexity index is 209. The molecule has 0 heterocycles. The van der Waals surface area contributed by atoms with Gasteiger partial charge in [-0.1, -0.05) is 30.3 Å². The minimum Gasteiger partial charge on any atom is -0.309 e. The fourth-order valence-electron chi connectivity index (χ4n) is 0.890.